The topological polar surface area (TPSA) is 67.3 Å². The maximum atomic E-state index is 13.8. The van der Waals surface area contributed by atoms with E-state index in [9.17, 15) is 4.39 Å². The zero-order chi connectivity index (χ0) is 13.0. The summed E-state index contributed by atoms with van der Waals surface area (Å²) in [7, 11) is 1.98. The summed E-state index contributed by atoms with van der Waals surface area (Å²) < 4.78 is 13.8. The van der Waals surface area contributed by atoms with Crippen molar-refractivity contribution in [2.45, 2.75) is 6.92 Å². The molecule has 1 aromatic rings. The zero-order valence-electron chi connectivity index (χ0n) is 10.1. The number of anilines is 3. The minimum absolute atomic E-state index is 0.0921. The first-order chi connectivity index (χ1) is 7.97. The third-order valence-electron chi connectivity index (χ3n) is 2.60. The van der Waals surface area contributed by atoms with Crippen LogP contribution in [0.4, 0.5) is 21.5 Å². The van der Waals surface area contributed by atoms with E-state index in [-0.39, 0.29) is 22.1 Å². The van der Waals surface area contributed by atoms with Crippen molar-refractivity contribution in [3.05, 3.63) is 16.9 Å². The van der Waals surface area contributed by atoms with Crippen molar-refractivity contribution in [2.24, 2.45) is 0 Å². The monoisotopic (exact) mass is 260 g/mol. The molecule has 5 N–H and O–H groups in total. The first-order valence-corrected chi connectivity index (χ1v) is 5.80. The molecule has 0 heterocycles. The summed E-state index contributed by atoms with van der Waals surface area (Å²) in [4.78, 5) is 2.10. The molecule has 0 saturated heterocycles. The van der Waals surface area contributed by atoms with Crippen LogP contribution in [0.25, 0.3) is 0 Å². The Bertz CT molecular complexity index is 398. The molecule has 6 heteroatoms. The highest BCUT2D eigenvalue weighted by Crippen LogP contribution is 2.33. The number of halogens is 2. The van der Waals surface area contributed by atoms with Gasteiger partial charge in [0.05, 0.1) is 17.1 Å². The molecule has 0 aliphatic carbocycles. The second-order valence-corrected chi connectivity index (χ2v) is 4.26. The zero-order valence-corrected chi connectivity index (χ0v) is 10.8. The molecule has 0 atom stereocenters. The van der Waals surface area contributed by atoms with Gasteiger partial charge in [0.1, 0.15) is 5.02 Å². The van der Waals surface area contributed by atoms with Crippen LogP contribution < -0.4 is 16.8 Å². The van der Waals surface area contributed by atoms with Crippen molar-refractivity contribution in [1.82, 2.24) is 4.90 Å². The van der Waals surface area contributed by atoms with Crippen molar-refractivity contribution in [3.63, 3.8) is 0 Å². The quantitative estimate of drug-likeness (QED) is 0.709. The largest absolute Gasteiger partial charge is 0.397 e. The molecular weight excluding hydrogens is 243 g/mol. The van der Waals surface area contributed by atoms with Crippen molar-refractivity contribution >= 4 is 28.7 Å². The molecule has 0 spiro atoms. The Labute approximate surface area is 106 Å². The van der Waals surface area contributed by atoms with Crippen LogP contribution in [0.3, 0.4) is 0 Å². The van der Waals surface area contributed by atoms with E-state index in [1.807, 2.05) is 7.05 Å². The standard InChI is InChI=1S/C11H18ClFN4/c1-3-17(2)5-4-16-11-8(15)6-7(14)9(12)10(11)13/h6,16H,3-5,14-15H2,1-2H3. The Morgan fingerprint density at radius 3 is 2.65 bits per heavy atom. The van der Waals surface area contributed by atoms with E-state index < -0.39 is 5.82 Å². The number of rotatable bonds is 5. The van der Waals surface area contributed by atoms with E-state index in [1.165, 1.54) is 6.07 Å². The van der Waals surface area contributed by atoms with E-state index in [0.29, 0.717) is 6.54 Å². The van der Waals surface area contributed by atoms with Crippen LogP contribution in [-0.2, 0) is 0 Å². The molecule has 1 aromatic carbocycles. The number of benzene rings is 1. The molecule has 0 amide bonds. The number of nitrogens with two attached hydrogens (primary N) is 2. The molecule has 0 radical (unpaired) electrons. The van der Waals surface area contributed by atoms with Gasteiger partial charge in [-0.25, -0.2) is 4.39 Å². The fraction of sp³-hybridized carbons (Fsp3) is 0.455. The van der Waals surface area contributed by atoms with Crippen LogP contribution >= 0.6 is 11.6 Å². The van der Waals surface area contributed by atoms with Crippen molar-refractivity contribution in [1.29, 1.82) is 0 Å². The smallest absolute Gasteiger partial charge is 0.169 e. The summed E-state index contributed by atoms with van der Waals surface area (Å²) in [6, 6.07) is 1.46. The van der Waals surface area contributed by atoms with Gasteiger partial charge in [0.25, 0.3) is 0 Å². The Balaban J connectivity index is 2.75. The first-order valence-electron chi connectivity index (χ1n) is 5.42. The van der Waals surface area contributed by atoms with Gasteiger partial charge in [-0.3, -0.25) is 0 Å². The number of nitrogens with one attached hydrogen (secondary N) is 1. The lowest BCUT2D eigenvalue weighted by Gasteiger charge is -2.16. The third kappa shape index (κ3) is 3.38. The van der Waals surface area contributed by atoms with Gasteiger partial charge in [-0.2, -0.15) is 0 Å². The van der Waals surface area contributed by atoms with Crippen LogP contribution in [0.15, 0.2) is 6.07 Å². The Morgan fingerprint density at radius 1 is 1.41 bits per heavy atom. The molecule has 4 nitrogen and oxygen atoms in total. The van der Waals surface area contributed by atoms with Crippen molar-refractivity contribution < 1.29 is 4.39 Å². The lowest BCUT2D eigenvalue weighted by Crippen LogP contribution is -2.25. The van der Waals surface area contributed by atoms with Gasteiger partial charge < -0.3 is 21.7 Å². The predicted molar refractivity (Wildman–Crippen MR) is 71.9 cm³/mol. The second-order valence-electron chi connectivity index (χ2n) is 3.88. The second kappa shape index (κ2) is 5.93. The molecule has 96 valence electrons. The summed E-state index contributed by atoms with van der Waals surface area (Å²) in [6.45, 7) is 4.36. The lowest BCUT2D eigenvalue weighted by atomic mass is 10.2. The summed E-state index contributed by atoms with van der Waals surface area (Å²) in [5.41, 5.74) is 11.8. The van der Waals surface area contributed by atoms with Crippen LogP contribution in [0, 0.1) is 5.82 Å². The highest BCUT2D eigenvalue weighted by molar-refractivity contribution is 6.33. The van der Waals surface area contributed by atoms with E-state index in [1.54, 1.807) is 0 Å². The minimum atomic E-state index is -0.594. The summed E-state index contributed by atoms with van der Waals surface area (Å²) in [5, 5.41) is 2.84. The average molecular weight is 261 g/mol. The molecule has 0 aliphatic rings. The van der Waals surface area contributed by atoms with Crippen molar-refractivity contribution in [2.75, 3.05) is 43.5 Å². The van der Waals surface area contributed by atoms with Crippen LogP contribution in [0.5, 0.6) is 0 Å². The Hall–Kier alpha value is -1.20. The van der Waals surface area contributed by atoms with E-state index in [2.05, 4.69) is 17.1 Å². The van der Waals surface area contributed by atoms with Crippen LogP contribution in [-0.4, -0.2) is 31.6 Å². The summed E-state index contributed by atoms with van der Waals surface area (Å²) >= 11 is 5.72. The molecular formula is C11H18ClFN4. The average Bonchev–Trinajstić information content (AvgIpc) is 2.30. The third-order valence-corrected chi connectivity index (χ3v) is 2.98. The molecule has 0 bridgehead atoms. The Morgan fingerprint density at radius 2 is 2.06 bits per heavy atom. The molecule has 0 saturated carbocycles. The van der Waals surface area contributed by atoms with Crippen LogP contribution in [0.1, 0.15) is 6.92 Å². The van der Waals surface area contributed by atoms with Crippen molar-refractivity contribution in [3.8, 4) is 0 Å². The van der Waals surface area contributed by atoms with Crippen LogP contribution in [0.2, 0.25) is 5.02 Å². The normalized spacial score (nSPS) is 10.9. The van der Waals surface area contributed by atoms with Gasteiger partial charge in [-0.1, -0.05) is 18.5 Å². The fourth-order valence-electron chi connectivity index (χ4n) is 1.38. The van der Waals surface area contributed by atoms with Gasteiger partial charge in [-0.05, 0) is 19.7 Å². The van der Waals surface area contributed by atoms with Gasteiger partial charge in [0.15, 0.2) is 5.82 Å². The molecule has 0 aromatic heterocycles. The van der Waals surface area contributed by atoms with Gasteiger partial charge in [-0.15, -0.1) is 0 Å². The van der Waals surface area contributed by atoms with E-state index >= 15 is 0 Å². The Kier molecular flexibility index (Phi) is 4.84. The number of nitrogens with zero attached hydrogens (tertiary/aromatic N) is 1. The van der Waals surface area contributed by atoms with Gasteiger partial charge in [0.2, 0.25) is 0 Å². The SMILES string of the molecule is CCN(C)CCNc1c(N)cc(N)c(Cl)c1F. The maximum Gasteiger partial charge on any atom is 0.169 e. The summed E-state index contributed by atoms with van der Waals surface area (Å²) in [6.07, 6.45) is 0. The molecule has 0 fully saturated rings. The lowest BCUT2D eigenvalue weighted by molar-refractivity contribution is 0.367. The molecule has 0 aliphatic heterocycles. The molecule has 17 heavy (non-hydrogen) atoms. The number of nitrogen functional groups attached to an aromatic ring is 2. The highest BCUT2D eigenvalue weighted by Gasteiger charge is 2.13. The molecule has 0 unspecified atom stereocenters. The minimum Gasteiger partial charge on any atom is -0.397 e. The van der Waals surface area contributed by atoms with Gasteiger partial charge >= 0.3 is 0 Å². The number of likely N-dealkylation sites (N-methyl/N-ethyl adjacent to an activating group) is 1. The van der Waals surface area contributed by atoms with E-state index in [4.69, 9.17) is 23.1 Å². The van der Waals surface area contributed by atoms with E-state index in [0.717, 1.165) is 13.1 Å². The molecule has 1 rings (SSSR count). The predicted octanol–water partition coefficient (Wildman–Crippen LogP) is 2.01. The summed E-state index contributed by atoms with van der Waals surface area (Å²) in [5.74, 6) is -0.594. The highest BCUT2D eigenvalue weighted by atomic mass is 35.5. The number of hydrogen-bond donors (Lipinski definition) is 3. The maximum absolute atomic E-state index is 13.8. The fourth-order valence-corrected chi connectivity index (χ4v) is 1.52. The number of hydrogen-bond acceptors (Lipinski definition) is 4. The first kappa shape index (κ1) is 13.9. The van der Waals surface area contributed by atoms with Gasteiger partial charge in [0, 0.05) is 13.1 Å².